The Morgan fingerprint density at radius 1 is 1.32 bits per heavy atom. The second-order valence-corrected chi connectivity index (χ2v) is 7.33. The third-order valence-corrected chi connectivity index (χ3v) is 5.53. The van der Waals surface area contributed by atoms with Crippen LogP contribution in [0, 0.1) is 5.92 Å². The maximum atomic E-state index is 12.5. The largest absolute Gasteiger partial charge is 0.347 e. The van der Waals surface area contributed by atoms with Gasteiger partial charge in [0, 0.05) is 25.6 Å². The summed E-state index contributed by atoms with van der Waals surface area (Å²) < 4.78 is 11.6. The summed E-state index contributed by atoms with van der Waals surface area (Å²) in [5.41, 5.74) is 1.32. The van der Waals surface area contributed by atoms with Gasteiger partial charge < -0.3 is 19.7 Å². The van der Waals surface area contributed by atoms with E-state index >= 15 is 0 Å². The number of nitrogens with zero attached hydrogens (tertiary/aromatic N) is 1. The number of amides is 2. The monoisotopic (exact) mass is 346 g/mol. The maximum absolute atomic E-state index is 12.5. The summed E-state index contributed by atoms with van der Waals surface area (Å²) in [4.78, 5) is 14.4. The van der Waals surface area contributed by atoms with Crippen LogP contribution in [0.2, 0.25) is 0 Å². The normalized spacial score (nSPS) is 24.1. The van der Waals surface area contributed by atoms with Crippen molar-refractivity contribution in [2.75, 3.05) is 32.8 Å². The van der Waals surface area contributed by atoms with Crippen molar-refractivity contribution in [1.29, 1.82) is 0 Å². The van der Waals surface area contributed by atoms with Gasteiger partial charge in [-0.25, -0.2) is 4.79 Å². The molecular weight excluding hydrogens is 316 g/mol. The topological polar surface area (TPSA) is 50.8 Å². The Labute approximate surface area is 150 Å². The zero-order chi connectivity index (χ0) is 17.7. The molecule has 0 aliphatic carbocycles. The van der Waals surface area contributed by atoms with Crippen molar-refractivity contribution in [3.05, 3.63) is 35.9 Å². The number of hydrogen-bond donors (Lipinski definition) is 1. The fourth-order valence-electron chi connectivity index (χ4n) is 3.81. The molecule has 0 aromatic heterocycles. The lowest BCUT2D eigenvalue weighted by Crippen LogP contribution is -2.51. The van der Waals surface area contributed by atoms with Crippen molar-refractivity contribution in [2.24, 2.45) is 5.92 Å². The SMILES string of the molecule is C[C@@H](CCNC(=O)N1CCC[C@@H](C2(C)OCCO2)C1)c1ccccc1. The number of ether oxygens (including phenoxy) is 2. The van der Waals surface area contributed by atoms with Gasteiger partial charge >= 0.3 is 6.03 Å². The predicted molar refractivity (Wildman–Crippen MR) is 97.5 cm³/mol. The van der Waals surface area contributed by atoms with Gasteiger partial charge in [-0.15, -0.1) is 0 Å². The minimum atomic E-state index is -0.527. The fraction of sp³-hybridized carbons (Fsp3) is 0.650. The second kappa shape index (κ2) is 8.19. The molecule has 1 N–H and O–H groups in total. The number of urea groups is 1. The molecule has 2 fully saturated rings. The molecule has 2 heterocycles. The van der Waals surface area contributed by atoms with Crippen molar-refractivity contribution < 1.29 is 14.3 Å². The Balaban J connectivity index is 1.45. The first-order valence-corrected chi connectivity index (χ1v) is 9.44. The summed E-state index contributed by atoms with van der Waals surface area (Å²) in [6, 6.07) is 10.5. The van der Waals surface area contributed by atoms with Gasteiger partial charge in [-0.3, -0.25) is 0 Å². The Hall–Kier alpha value is -1.59. The molecule has 25 heavy (non-hydrogen) atoms. The number of rotatable bonds is 5. The molecule has 0 spiro atoms. The summed E-state index contributed by atoms with van der Waals surface area (Å²) in [6.45, 7) is 7.72. The van der Waals surface area contributed by atoms with Crippen LogP contribution in [0.5, 0.6) is 0 Å². The molecule has 2 amide bonds. The third-order valence-electron chi connectivity index (χ3n) is 5.53. The lowest BCUT2D eigenvalue weighted by Gasteiger charge is -2.39. The van der Waals surface area contributed by atoms with Gasteiger partial charge in [0.2, 0.25) is 0 Å². The first-order chi connectivity index (χ1) is 12.1. The van der Waals surface area contributed by atoms with E-state index < -0.39 is 5.79 Å². The smallest absolute Gasteiger partial charge is 0.317 e. The Morgan fingerprint density at radius 2 is 2.04 bits per heavy atom. The molecule has 0 saturated carbocycles. The second-order valence-electron chi connectivity index (χ2n) is 7.33. The van der Waals surface area contributed by atoms with Crippen molar-refractivity contribution in [3.8, 4) is 0 Å². The van der Waals surface area contributed by atoms with E-state index in [0.29, 0.717) is 32.2 Å². The lowest BCUT2D eigenvalue weighted by atomic mass is 9.90. The Kier molecular flexibility index (Phi) is 5.97. The van der Waals surface area contributed by atoms with E-state index in [4.69, 9.17) is 9.47 Å². The van der Waals surface area contributed by atoms with E-state index in [9.17, 15) is 4.79 Å². The van der Waals surface area contributed by atoms with E-state index in [0.717, 1.165) is 25.8 Å². The van der Waals surface area contributed by atoms with Gasteiger partial charge in [0.15, 0.2) is 5.79 Å². The van der Waals surface area contributed by atoms with Gasteiger partial charge in [-0.1, -0.05) is 37.3 Å². The minimum absolute atomic E-state index is 0.0339. The van der Waals surface area contributed by atoms with Gasteiger partial charge in [0.25, 0.3) is 0 Å². The summed E-state index contributed by atoms with van der Waals surface area (Å²) in [5, 5.41) is 3.08. The zero-order valence-corrected chi connectivity index (χ0v) is 15.4. The van der Waals surface area contributed by atoms with Crippen LogP contribution in [-0.4, -0.2) is 49.6 Å². The molecule has 2 atom stereocenters. The summed E-state index contributed by atoms with van der Waals surface area (Å²) in [5.74, 6) is 0.161. The highest BCUT2D eigenvalue weighted by Crippen LogP contribution is 2.34. The lowest BCUT2D eigenvalue weighted by molar-refractivity contribution is -0.189. The van der Waals surface area contributed by atoms with Gasteiger partial charge in [-0.05, 0) is 37.7 Å². The van der Waals surface area contributed by atoms with Crippen LogP contribution >= 0.6 is 0 Å². The maximum Gasteiger partial charge on any atom is 0.317 e. The number of piperidine rings is 1. The van der Waals surface area contributed by atoms with Crippen LogP contribution in [0.25, 0.3) is 0 Å². The highest BCUT2D eigenvalue weighted by Gasteiger charge is 2.42. The number of nitrogens with one attached hydrogen (secondary N) is 1. The number of hydrogen-bond acceptors (Lipinski definition) is 3. The molecule has 1 aromatic carbocycles. The van der Waals surface area contributed by atoms with Crippen LogP contribution in [0.4, 0.5) is 4.79 Å². The third kappa shape index (κ3) is 4.53. The van der Waals surface area contributed by atoms with E-state index in [2.05, 4.69) is 36.5 Å². The molecule has 5 heteroatoms. The highest BCUT2D eigenvalue weighted by molar-refractivity contribution is 5.74. The first kappa shape index (κ1) is 18.2. The van der Waals surface area contributed by atoms with E-state index in [1.807, 2.05) is 17.9 Å². The van der Waals surface area contributed by atoms with Gasteiger partial charge in [-0.2, -0.15) is 0 Å². The molecule has 5 nitrogen and oxygen atoms in total. The first-order valence-electron chi connectivity index (χ1n) is 9.44. The molecule has 2 aliphatic rings. The zero-order valence-electron chi connectivity index (χ0n) is 15.4. The van der Waals surface area contributed by atoms with Crippen molar-refractivity contribution in [2.45, 2.75) is 44.8 Å². The standard InChI is InChI=1S/C20H30N2O3/c1-16(17-7-4-3-5-8-17)10-11-21-19(23)22-12-6-9-18(15-22)20(2)24-13-14-25-20/h3-5,7-8,16,18H,6,9-15H2,1-2H3,(H,21,23)/t16-,18+/m0/s1. The van der Waals surface area contributed by atoms with Gasteiger partial charge in [0.05, 0.1) is 13.2 Å². The molecule has 2 aliphatic heterocycles. The van der Waals surface area contributed by atoms with Crippen molar-refractivity contribution >= 4 is 6.03 Å². The fourth-order valence-corrected chi connectivity index (χ4v) is 3.81. The van der Waals surface area contributed by atoms with E-state index in [1.165, 1.54) is 5.56 Å². The van der Waals surface area contributed by atoms with Crippen LogP contribution in [0.3, 0.4) is 0 Å². The predicted octanol–water partition coefficient (Wildman–Crippen LogP) is 3.36. The molecule has 2 saturated heterocycles. The minimum Gasteiger partial charge on any atom is -0.347 e. The van der Waals surface area contributed by atoms with E-state index in [-0.39, 0.29) is 11.9 Å². The number of likely N-dealkylation sites (tertiary alicyclic amines) is 1. The number of carbonyl (C=O) groups is 1. The molecule has 3 rings (SSSR count). The molecule has 0 unspecified atom stereocenters. The van der Waals surface area contributed by atoms with Crippen LogP contribution in [-0.2, 0) is 9.47 Å². The molecular formula is C20H30N2O3. The van der Waals surface area contributed by atoms with Gasteiger partial charge in [0.1, 0.15) is 0 Å². The van der Waals surface area contributed by atoms with Crippen LogP contribution in [0.1, 0.15) is 44.6 Å². The Morgan fingerprint density at radius 3 is 2.76 bits per heavy atom. The summed E-state index contributed by atoms with van der Waals surface area (Å²) in [7, 11) is 0. The van der Waals surface area contributed by atoms with Crippen molar-refractivity contribution in [1.82, 2.24) is 10.2 Å². The Bertz CT molecular complexity index is 557. The van der Waals surface area contributed by atoms with E-state index in [1.54, 1.807) is 0 Å². The van der Waals surface area contributed by atoms with Crippen LogP contribution < -0.4 is 5.32 Å². The molecule has 138 valence electrons. The van der Waals surface area contributed by atoms with Crippen molar-refractivity contribution in [3.63, 3.8) is 0 Å². The number of carbonyl (C=O) groups excluding carboxylic acids is 1. The highest BCUT2D eigenvalue weighted by atomic mass is 16.7. The summed E-state index contributed by atoms with van der Waals surface area (Å²) >= 11 is 0. The average Bonchev–Trinajstić information content (AvgIpc) is 3.10. The van der Waals surface area contributed by atoms with Crippen LogP contribution in [0.15, 0.2) is 30.3 Å². The number of benzene rings is 1. The molecule has 1 aromatic rings. The average molecular weight is 346 g/mol. The summed E-state index contributed by atoms with van der Waals surface area (Å²) in [6.07, 6.45) is 2.99. The quantitative estimate of drug-likeness (QED) is 0.889. The molecule has 0 radical (unpaired) electrons. The molecule has 0 bridgehead atoms.